The molecule has 2 heterocycles. The number of hydrogen-bond acceptors (Lipinski definition) is 7. The molecule has 1 aliphatic carbocycles. The Hall–Kier alpha value is -2.67. The molecule has 0 spiro atoms. The van der Waals surface area contributed by atoms with E-state index in [9.17, 15) is 0 Å². The highest BCUT2D eigenvalue weighted by Gasteiger charge is 2.28. The molecule has 0 aliphatic heterocycles. The first kappa shape index (κ1) is 16.8. The van der Waals surface area contributed by atoms with Gasteiger partial charge in [-0.25, -0.2) is 15.0 Å². The van der Waals surface area contributed by atoms with Crippen LogP contribution in [0.2, 0.25) is 0 Å². The summed E-state index contributed by atoms with van der Waals surface area (Å²) in [6.45, 7) is 2.04. The van der Waals surface area contributed by atoms with E-state index < -0.39 is 0 Å². The Morgan fingerprint density at radius 2 is 1.96 bits per heavy atom. The number of aryl methyl sites for hydroxylation is 1. The molecular formula is C19H20N4O2S. The van der Waals surface area contributed by atoms with Crippen LogP contribution in [0.1, 0.15) is 29.5 Å². The first-order chi connectivity index (χ1) is 12.7. The van der Waals surface area contributed by atoms with Crippen LogP contribution in [0.4, 0.5) is 11.6 Å². The standard InChI is InChI=1S/C19H20N4O2S/c1-11-17(26-18(21-11)12-4-5-12)14-8-9-20-19(22-14)23-15-10-13(24-2)6-7-16(15)25-3/h6-10,12H,4-5H2,1-3H3,(H,20,22,23). The van der Waals surface area contributed by atoms with Gasteiger partial charge in [-0.15, -0.1) is 11.3 Å². The number of methoxy groups -OCH3 is 2. The van der Waals surface area contributed by atoms with Gasteiger partial charge >= 0.3 is 0 Å². The molecule has 26 heavy (non-hydrogen) atoms. The lowest BCUT2D eigenvalue weighted by atomic mass is 10.2. The zero-order valence-corrected chi connectivity index (χ0v) is 15.8. The van der Waals surface area contributed by atoms with E-state index in [1.807, 2.05) is 31.2 Å². The van der Waals surface area contributed by atoms with Crippen LogP contribution in [-0.4, -0.2) is 29.2 Å². The number of thiazole rings is 1. The molecule has 3 aromatic rings. The summed E-state index contributed by atoms with van der Waals surface area (Å²) >= 11 is 1.74. The van der Waals surface area contributed by atoms with Crippen molar-refractivity contribution in [2.24, 2.45) is 0 Å². The smallest absolute Gasteiger partial charge is 0.227 e. The molecule has 4 rings (SSSR count). The predicted octanol–water partition coefficient (Wildman–Crippen LogP) is 4.55. The molecule has 0 radical (unpaired) electrons. The molecule has 7 heteroatoms. The first-order valence-electron chi connectivity index (χ1n) is 8.47. The van der Waals surface area contributed by atoms with Crippen molar-refractivity contribution in [3.05, 3.63) is 41.2 Å². The van der Waals surface area contributed by atoms with Crippen LogP contribution in [0.5, 0.6) is 11.5 Å². The van der Waals surface area contributed by atoms with E-state index >= 15 is 0 Å². The van der Waals surface area contributed by atoms with E-state index in [-0.39, 0.29) is 0 Å². The molecule has 134 valence electrons. The summed E-state index contributed by atoms with van der Waals surface area (Å²) in [5.74, 6) is 2.59. The highest BCUT2D eigenvalue weighted by Crippen LogP contribution is 2.44. The van der Waals surface area contributed by atoms with Gasteiger partial charge in [0.05, 0.1) is 41.2 Å². The van der Waals surface area contributed by atoms with Crippen LogP contribution in [0.25, 0.3) is 10.6 Å². The molecule has 1 aromatic carbocycles. The number of nitrogens with zero attached hydrogens (tertiary/aromatic N) is 3. The fraction of sp³-hybridized carbons (Fsp3) is 0.316. The van der Waals surface area contributed by atoms with Crippen LogP contribution in [0.3, 0.4) is 0 Å². The molecule has 0 unspecified atom stereocenters. The van der Waals surface area contributed by atoms with E-state index in [1.54, 1.807) is 31.8 Å². The van der Waals surface area contributed by atoms with Crippen molar-refractivity contribution in [3.63, 3.8) is 0 Å². The number of benzene rings is 1. The fourth-order valence-electron chi connectivity index (χ4n) is 2.74. The molecule has 1 N–H and O–H groups in total. The highest BCUT2D eigenvalue weighted by atomic mass is 32.1. The van der Waals surface area contributed by atoms with Gasteiger partial charge in [-0.3, -0.25) is 0 Å². The Morgan fingerprint density at radius 3 is 2.69 bits per heavy atom. The van der Waals surface area contributed by atoms with Gasteiger partial charge in [0, 0.05) is 18.2 Å². The van der Waals surface area contributed by atoms with Crippen molar-refractivity contribution in [3.8, 4) is 22.1 Å². The SMILES string of the molecule is COc1ccc(OC)c(Nc2nccc(-c3sc(C4CC4)nc3C)n2)c1. The molecule has 0 atom stereocenters. The predicted molar refractivity (Wildman–Crippen MR) is 103 cm³/mol. The van der Waals surface area contributed by atoms with Crippen molar-refractivity contribution in [1.82, 2.24) is 15.0 Å². The lowest BCUT2D eigenvalue weighted by Crippen LogP contribution is -2.00. The summed E-state index contributed by atoms with van der Waals surface area (Å²) in [5.41, 5.74) is 2.66. The van der Waals surface area contributed by atoms with Gasteiger partial charge < -0.3 is 14.8 Å². The van der Waals surface area contributed by atoms with Crippen molar-refractivity contribution in [2.45, 2.75) is 25.7 Å². The number of rotatable bonds is 6. The average Bonchev–Trinajstić information content (AvgIpc) is 3.44. The molecule has 0 amide bonds. The Balaban J connectivity index is 1.64. The number of hydrogen-bond donors (Lipinski definition) is 1. The van der Waals surface area contributed by atoms with Crippen molar-refractivity contribution >= 4 is 23.0 Å². The monoisotopic (exact) mass is 368 g/mol. The molecule has 1 saturated carbocycles. The third-order valence-electron chi connectivity index (χ3n) is 4.28. The summed E-state index contributed by atoms with van der Waals surface area (Å²) in [6.07, 6.45) is 4.25. The largest absolute Gasteiger partial charge is 0.497 e. The number of anilines is 2. The minimum absolute atomic E-state index is 0.509. The molecule has 1 aliphatic rings. The van der Waals surface area contributed by atoms with Gasteiger partial charge in [0.25, 0.3) is 0 Å². The van der Waals surface area contributed by atoms with E-state index in [0.717, 1.165) is 27.7 Å². The topological polar surface area (TPSA) is 69.2 Å². The van der Waals surface area contributed by atoms with Crippen molar-refractivity contribution < 1.29 is 9.47 Å². The molecule has 1 fully saturated rings. The Labute approximate surface area is 156 Å². The molecule has 6 nitrogen and oxygen atoms in total. The Bertz CT molecular complexity index is 937. The second-order valence-corrected chi connectivity index (χ2v) is 7.23. The van der Waals surface area contributed by atoms with Crippen LogP contribution in [0.15, 0.2) is 30.5 Å². The summed E-state index contributed by atoms with van der Waals surface area (Å²) in [4.78, 5) is 14.8. The summed E-state index contributed by atoms with van der Waals surface area (Å²) in [7, 11) is 3.26. The Kier molecular flexibility index (Phi) is 4.46. The lowest BCUT2D eigenvalue weighted by molar-refractivity contribution is 0.405. The van der Waals surface area contributed by atoms with Gasteiger partial charge in [-0.05, 0) is 38.0 Å². The highest BCUT2D eigenvalue weighted by molar-refractivity contribution is 7.15. The van der Waals surface area contributed by atoms with Gasteiger partial charge in [-0.2, -0.15) is 0 Å². The minimum Gasteiger partial charge on any atom is -0.497 e. The van der Waals surface area contributed by atoms with Crippen molar-refractivity contribution in [2.75, 3.05) is 19.5 Å². The molecular weight excluding hydrogens is 348 g/mol. The van der Waals surface area contributed by atoms with E-state index in [0.29, 0.717) is 17.6 Å². The van der Waals surface area contributed by atoms with Gasteiger partial charge in [0.1, 0.15) is 11.5 Å². The lowest BCUT2D eigenvalue weighted by Gasteiger charge is -2.12. The fourth-order valence-corrected chi connectivity index (χ4v) is 3.94. The third-order valence-corrected chi connectivity index (χ3v) is 5.62. The summed E-state index contributed by atoms with van der Waals surface area (Å²) in [5, 5.41) is 4.45. The minimum atomic E-state index is 0.509. The van der Waals surface area contributed by atoms with Crippen LogP contribution in [0, 0.1) is 6.92 Å². The van der Waals surface area contributed by atoms with E-state index in [1.165, 1.54) is 17.8 Å². The van der Waals surface area contributed by atoms with Gasteiger partial charge in [-0.1, -0.05) is 0 Å². The summed E-state index contributed by atoms with van der Waals surface area (Å²) in [6, 6.07) is 7.48. The maximum absolute atomic E-state index is 5.41. The maximum Gasteiger partial charge on any atom is 0.227 e. The van der Waals surface area contributed by atoms with Gasteiger partial charge in [0.2, 0.25) is 5.95 Å². The zero-order valence-electron chi connectivity index (χ0n) is 14.9. The molecule has 0 bridgehead atoms. The second-order valence-electron chi connectivity index (χ2n) is 6.20. The van der Waals surface area contributed by atoms with Crippen molar-refractivity contribution in [1.29, 1.82) is 0 Å². The average molecular weight is 368 g/mol. The van der Waals surface area contributed by atoms with E-state index in [2.05, 4.69) is 15.3 Å². The van der Waals surface area contributed by atoms with Gasteiger partial charge in [0.15, 0.2) is 0 Å². The second kappa shape index (κ2) is 6.92. The third kappa shape index (κ3) is 3.35. The molecule has 0 saturated heterocycles. The van der Waals surface area contributed by atoms with E-state index in [4.69, 9.17) is 14.5 Å². The number of aromatic nitrogens is 3. The van der Waals surface area contributed by atoms with Crippen LogP contribution >= 0.6 is 11.3 Å². The van der Waals surface area contributed by atoms with Crippen LogP contribution < -0.4 is 14.8 Å². The maximum atomic E-state index is 5.41. The zero-order chi connectivity index (χ0) is 18.1. The first-order valence-corrected chi connectivity index (χ1v) is 9.29. The molecule has 2 aromatic heterocycles. The summed E-state index contributed by atoms with van der Waals surface area (Å²) < 4.78 is 10.7. The normalized spacial score (nSPS) is 13.5. The quantitative estimate of drug-likeness (QED) is 0.688. The van der Waals surface area contributed by atoms with Crippen LogP contribution in [-0.2, 0) is 0 Å². The number of nitrogens with one attached hydrogen (secondary N) is 1. The number of ether oxygens (including phenoxy) is 2. The Morgan fingerprint density at radius 1 is 1.12 bits per heavy atom.